The summed E-state index contributed by atoms with van der Waals surface area (Å²) in [4.78, 5) is 8.03. The first-order valence-electron chi connectivity index (χ1n) is 6.86. The van der Waals surface area contributed by atoms with Crippen LogP contribution in [0.1, 0.15) is 24.0 Å². The molecule has 4 nitrogen and oxygen atoms in total. The summed E-state index contributed by atoms with van der Waals surface area (Å²) in [5, 5.41) is 6.07. The van der Waals surface area contributed by atoms with Crippen LogP contribution < -0.4 is 10.6 Å². The van der Waals surface area contributed by atoms with E-state index in [0.29, 0.717) is 25.0 Å². The highest BCUT2D eigenvalue weighted by atomic mass is 19.1. The molecule has 0 aliphatic heterocycles. The molecule has 104 valence electrons. The number of anilines is 2. The van der Waals surface area contributed by atoms with E-state index in [4.69, 9.17) is 0 Å². The molecule has 1 heterocycles. The Morgan fingerprint density at radius 1 is 1.30 bits per heavy atom. The zero-order valence-corrected chi connectivity index (χ0v) is 11.4. The zero-order valence-electron chi connectivity index (χ0n) is 11.4. The van der Waals surface area contributed by atoms with Gasteiger partial charge in [-0.25, -0.2) is 9.37 Å². The van der Waals surface area contributed by atoms with Gasteiger partial charge in [0.2, 0.25) is 5.95 Å². The van der Waals surface area contributed by atoms with Crippen LogP contribution in [0.3, 0.4) is 0 Å². The van der Waals surface area contributed by atoms with E-state index < -0.39 is 5.82 Å². The van der Waals surface area contributed by atoms with E-state index in [9.17, 15) is 4.39 Å². The van der Waals surface area contributed by atoms with E-state index in [1.807, 2.05) is 13.0 Å². The van der Waals surface area contributed by atoms with Crippen molar-refractivity contribution in [2.24, 2.45) is 0 Å². The van der Waals surface area contributed by atoms with Crippen LogP contribution in [0.25, 0.3) is 0 Å². The minimum atomic E-state index is -0.417. The molecule has 2 aromatic rings. The molecule has 2 N–H and O–H groups in total. The van der Waals surface area contributed by atoms with Crippen molar-refractivity contribution in [2.45, 2.75) is 19.3 Å². The molecule has 1 aliphatic rings. The van der Waals surface area contributed by atoms with Crippen molar-refractivity contribution in [3.05, 3.63) is 47.4 Å². The molecule has 0 amide bonds. The summed E-state index contributed by atoms with van der Waals surface area (Å²) in [5.41, 5.74) is 2.73. The van der Waals surface area contributed by atoms with Crippen molar-refractivity contribution in [1.29, 1.82) is 0 Å². The fraction of sp³-hybridized carbons (Fsp3) is 0.333. The van der Waals surface area contributed by atoms with Gasteiger partial charge >= 0.3 is 0 Å². The minimum Gasteiger partial charge on any atom is -0.367 e. The number of benzene rings is 1. The number of halogens is 1. The van der Waals surface area contributed by atoms with Crippen molar-refractivity contribution < 1.29 is 4.39 Å². The van der Waals surface area contributed by atoms with Crippen LogP contribution in [0, 0.1) is 5.82 Å². The van der Waals surface area contributed by atoms with Crippen LogP contribution in [-0.2, 0) is 6.42 Å². The van der Waals surface area contributed by atoms with Crippen LogP contribution in [-0.4, -0.2) is 23.1 Å². The van der Waals surface area contributed by atoms with Gasteiger partial charge in [0.25, 0.3) is 0 Å². The molecular weight excluding hydrogens is 255 g/mol. The predicted octanol–water partition coefficient (Wildman–Crippen LogP) is 2.80. The second-order valence-corrected chi connectivity index (χ2v) is 4.90. The molecule has 0 saturated carbocycles. The Bertz CT molecular complexity index is 615. The van der Waals surface area contributed by atoms with E-state index in [2.05, 4.69) is 38.8 Å². The van der Waals surface area contributed by atoms with E-state index in [1.165, 1.54) is 17.3 Å². The van der Waals surface area contributed by atoms with Gasteiger partial charge in [-0.1, -0.05) is 24.3 Å². The maximum Gasteiger partial charge on any atom is 0.224 e. The number of nitrogens with one attached hydrogen (secondary N) is 2. The quantitative estimate of drug-likeness (QED) is 0.878. The lowest BCUT2D eigenvalue weighted by molar-refractivity contribution is 0.604. The predicted molar refractivity (Wildman–Crippen MR) is 77.5 cm³/mol. The Balaban J connectivity index is 1.66. The maximum absolute atomic E-state index is 13.7. The van der Waals surface area contributed by atoms with Crippen molar-refractivity contribution >= 4 is 11.8 Å². The van der Waals surface area contributed by atoms with E-state index in [-0.39, 0.29) is 5.82 Å². The molecular formula is C15H17FN4. The lowest BCUT2D eigenvalue weighted by Gasteiger charge is -2.30. The van der Waals surface area contributed by atoms with Gasteiger partial charge in [-0.3, -0.25) is 0 Å². The second kappa shape index (κ2) is 5.45. The molecule has 1 aromatic heterocycles. The molecule has 3 rings (SSSR count). The van der Waals surface area contributed by atoms with Gasteiger partial charge in [0, 0.05) is 19.0 Å². The molecule has 1 aliphatic carbocycles. The zero-order chi connectivity index (χ0) is 13.9. The highest BCUT2D eigenvalue weighted by molar-refractivity contribution is 5.45. The molecule has 0 bridgehead atoms. The standard InChI is InChI=1S/C15H17FN4/c1-2-17-15-19-9-13(16)14(20-15)18-8-11-7-10-5-3-4-6-12(10)11/h3-6,9,11H,2,7-8H2,1H3,(H2,17,18,19,20). The summed E-state index contributed by atoms with van der Waals surface area (Å²) < 4.78 is 13.7. The number of rotatable bonds is 5. The summed E-state index contributed by atoms with van der Waals surface area (Å²) in [5.74, 6) is 0.730. The van der Waals surface area contributed by atoms with Gasteiger partial charge in [-0.2, -0.15) is 4.98 Å². The van der Waals surface area contributed by atoms with Crippen LogP contribution in [0.4, 0.5) is 16.2 Å². The van der Waals surface area contributed by atoms with E-state index in [1.54, 1.807) is 0 Å². The second-order valence-electron chi connectivity index (χ2n) is 4.90. The Morgan fingerprint density at radius 3 is 2.95 bits per heavy atom. The third kappa shape index (κ3) is 2.43. The molecule has 1 unspecified atom stereocenters. The highest BCUT2D eigenvalue weighted by Crippen LogP contribution is 2.34. The highest BCUT2D eigenvalue weighted by Gasteiger charge is 2.25. The summed E-state index contributed by atoms with van der Waals surface area (Å²) in [6.07, 6.45) is 2.23. The fourth-order valence-electron chi connectivity index (χ4n) is 2.50. The first-order chi connectivity index (χ1) is 9.78. The van der Waals surface area contributed by atoms with Crippen molar-refractivity contribution in [1.82, 2.24) is 9.97 Å². The molecule has 0 saturated heterocycles. The first-order valence-corrected chi connectivity index (χ1v) is 6.86. The maximum atomic E-state index is 13.7. The Labute approximate surface area is 117 Å². The molecule has 1 atom stereocenters. The van der Waals surface area contributed by atoms with Crippen LogP contribution in [0.2, 0.25) is 0 Å². The molecule has 0 fully saturated rings. The largest absolute Gasteiger partial charge is 0.367 e. The summed E-state index contributed by atoms with van der Waals surface area (Å²) >= 11 is 0. The average Bonchev–Trinajstić information content (AvgIpc) is 2.43. The normalized spacial score (nSPS) is 16.2. The van der Waals surface area contributed by atoms with E-state index >= 15 is 0 Å². The molecule has 0 spiro atoms. The van der Waals surface area contributed by atoms with Gasteiger partial charge in [0.1, 0.15) is 0 Å². The third-order valence-electron chi connectivity index (χ3n) is 3.56. The number of fused-ring (bicyclic) bond motifs is 1. The van der Waals surface area contributed by atoms with Gasteiger partial charge in [-0.15, -0.1) is 0 Å². The van der Waals surface area contributed by atoms with Gasteiger partial charge in [0.15, 0.2) is 11.6 Å². The van der Waals surface area contributed by atoms with Crippen molar-refractivity contribution in [3.8, 4) is 0 Å². The third-order valence-corrected chi connectivity index (χ3v) is 3.56. The van der Waals surface area contributed by atoms with Crippen LogP contribution >= 0.6 is 0 Å². The summed E-state index contributed by atoms with van der Waals surface area (Å²) in [7, 11) is 0. The van der Waals surface area contributed by atoms with Crippen molar-refractivity contribution in [3.63, 3.8) is 0 Å². The molecule has 1 aromatic carbocycles. The smallest absolute Gasteiger partial charge is 0.224 e. The fourth-order valence-corrected chi connectivity index (χ4v) is 2.50. The van der Waals surface area contributed by atoms with Crippen molar-refractivity contribution in [2.75, 3.05) is 23.7 Å². The van der Waals surface area contributed by atoms with Crippen LogP contribution in [0.15, 0.2) is 30.5 Å². The summed E-state index contributed by atoms with van der Waals surface area (Å²) in [6.45, 7) is 3.35. The molecule has 0 radical (unpaired) electrons. The molecule has 20 heavy (non-hydrogen) atoms. The Hall–Kier alpha value is -2.17. The van der Waals surface area contributed by atoms with Crippen LogP contribution in [0.5, 0.6) is 0 Å². The number of nitrogens with zero attached hydrogens (tertiary/aromatic N) is 2. The topological polar surface area (TPSA) is 49.8 Å². The SMILES string of the molecule is CCNc1ncc(F)c(NCC2Cc3ccccc32)n1. The Kier molecular flexibility index (Phi) is 3.50. The monoisotopic (exact) mass is 272 g/mol. The van der Waals surface area contributed by atoms with Gasteiger partial charge in [-0.05, 0) is 24.5 Å². The number of hydrogen-bond acceptors (Lipinski definition) is 4. The summed E-state index contributed by atoms with van der Waals surface area (Å²) in [6, 6.07) is 8.36. The number of aromatic nitrogens is 2. The number of hydrogen-bond donors (Lipinski definition) is 2. The lowest BCUT2D eigenvalue weighted by Crippen LogP contribution is -2.25. The van der Waals surface area contributed by atoms with Gasteiger partial charge < -0.3 is 10.6 Å². The minimum absolute atomic E-state index is 0.264. The van der Waals surface area contributed by atoms with E-state index in [0.717, 1.165) is 6.42 Å². The average molecular weight is 272 g/mol. The Morgan fingerprint density at radius 2 is 2.15 bits per heavy atom. The molecule has 5 heteroatoms. The first kappa shape index (κ1) is 12.8. The van der Waals surface area contributed by atoms with Gasteiger partial charge in [0.05, 0.1) is 6.20 Å². The lowest BCUT2D eigenvalue weighted by atomic mass is 9.77.